The van der Waals surface area contributed by atoms with Crippen molar-refractivity contribution in [3.63, 3.8) is 0 Å². The first-order valence-electron chi connectivity index (χ1n) is 5.73. The molecule has 96 valence electrons. The lowest BCUT2D eigenvalue weighted by molar-refractivity contribution is 0.477. The monoisotopic (exact) mass is 347 g/mol. The van der Waals surface area contributed by atoms with Crippen LogP contribution in [-0.2, 0) is 6.54 Å². The van der Waals surface area contributed by atoms with Gasteiger partial charge in [0.2, 0.25) is 0 Å². The molecule has 3 nitrogen and oxygen atoms in total. The third-order valence-corrected chi connectivity index (χ3v) is 2.37. The Kier molecular flexibility index (Phi) is 8.85. The first-order chi connectivity index (χ1) is 7.77. The van der Waals surface area contributed by atoms with Crippen LogP contribution >= 0.6 is 24.0 Å². The average molecular weight is 347 g/mol. The van der Waals surface area contributed by atoms with Crippen LogP contribution in [0.4, 0.5) is 0 Å². The van der Waals surface area contributed by atoms with Crippen molar-refractivity contribution >= 4 is 29.9 Å². The molecular weight excluding hydrogens is 325 g/mol. The molecule has 0 amide bonds. The normalized spacial score (nSPS) is 10.6. The van der Waals surface area contributed by atoms with E-state index in [0.717, 1.165) is 25.5 Å². The van der Waals surface area contributed by atoms with E-state index >= 15 is 0 Å². The topological polar surface area (TPSA) is 27.6 Å². The molecule has 0 aliphatic carbocycles. The number of benzene rings is 1. The summed E-state index contributed by atoms with van der Waals surface area (Å²) < 4.78 is 0. The number of hydrogen-bond donors (Lipinski definition) is 1. The molecule has 4 heteroatoms. The van der Waals surface area contributed by atoms with E-state index < -0.39 is 0 Å². The Morgan fingerprint density at radius 1 is 1.29 bits per heavy atom. The van der Waals surface area contributed by atoms with Crippen LogP contribution in [0.5, 0.6) is 0 Å². The van der Waals surface area contributed by atoms with Crippen LogP contribution < -0.4 is 5.32 Å². The molecule has 1 N–H and O–H groups in total. The Morgan fingerprint density at radius 3 is 2.47 bits per heavy atom. The smallest absolute Gasteiger partial charge is 0.193 e. The molecule has 0 spiro atoms. The first-order valence-corrected chi connectivity index (χ1v) is 5.73. The highest BCUT2D eigenvalue weighted by Crippen LogP contribution is 2.02. The second kappa shape index (κ2) is 9.27. The van der Waals surface area contributed by atoms with Crippen molar-refractivity contribution in [1.29, 1.82) is 0 Å². The predicted molar refractivity (Wildman–Crippen MR) is 85.0 cm³/mol. The van der Waals surface area contributed by atoms with E-state index in [1.807, 2.05) is 13.1 Å². The Bertz CT molecular complexity index is 325. The molecule has 0 bridgehead atoms. The molecule has 0 aliphatic rings. The van der Waals surface area contributed by atoms with E-state index in [1.165, 1.54) is 5.56 Å². The van der Waals surface area contributed by atoms with Gasteiger partial charge in [-0.05, 0) is 12.0 Å². The van der Waals surface area contributed by atoms with Gasteiger partial charge in [-0.1, -0.05) is 37.3 Å². The van der Waals surface area contributed by atoms with Gasteiger partial charge in [-0.15, -0.1) is 24.0 Å². The highest BCUT2D eigenvalue weighted by atomic mass is 127. The van der Waals surface area contributed by atoms with Gasteiger partial charge in [0.25, 0.3) is 0 Å². The zero-order chi connectivity index (χ0) is 11.8. The molecule has 0 saturated heterocycles. The molecular formula is C13H22IN3. The molecule has 17 heavy (non-hydrogen) atoms. The quantitative estimate of drug-likeness (QED) is 0.515. The maximum Gasteiger partial charge on any atom is 0.193 e. The third-order valence-electron chi connectivity index (χ3n) is 2.37. The van der Waals surface area contributed by atoms with Gasteiger partial charge >= 0.3 is 0 Å². The van der Waals surface area contributed by atoms with Crippen LogP contribution in [0.3, 0.4) is 0 Å². The van der Waals surface area contributed by atoms with Crippen LogP contribution in [0.1, 0.15) is 18.9 Å². The van der Waals surface area contributed by atoms with Gasteiger partial charge < -0.3 is 10.2 Å². The summed E-state index contributed by atoms with van der Waals surface area (Å²) in [5.41, 5.74) is 1.30. The molecule has 1 aromatic rings. The van der Waals surface area contributed by atoms with Gasteiger partial charge in [0, 0.05) is 27.2 Å². The van der Waals surface area contributed by atoms with Crippen molar-refractivity contribution in [3.8, 4) is 0 Å². The molecule has 0 saturated carbocycles. The summed E-state index contributed by atoms with van der Waals surface area (Å²) in [5, 5.41) is 3.32. The minimum atomic E-state index is 0. The SMILES string of the molecule is CCCNC(=NC)N(C)Cc1ccccc1.I. The maximum atomic E-state index is 4.25. The van der Waals surface area contributed by atoms with Crippen molar-refractivity contribution in [2.24, 2.45) is 4.99 Å². The molecule has 0 heterocycles. The van der Waals surface area contributed by atoms with Crippen molar-refractivity contribution in [2.45, 2.75) is 19.9 Å². The number of nitrogens with zero attached hydrogens (tertiary/aromatic N) is 2. The molecule has 0 radical (unpaired) electrons. The molecule has 1 rings (SSSR count). The Hall–Kier alpha value is -0.780. The average Bonchev–Trinajstić information content (AvgIpc) is 2.31. The van der Waals surface area contributed by atoms with Gasteiger partial charge in [-0.25, -0.2) is 0 Å². The summed E-state index contributed by atoms with van der Waals surface area (Å²) >= 11 is 0. The Balaban J connectivity index is 0.00000256. The highest BCUT2D eigenvalue weighted by molar-refractivity contribution is 14.0. The first kappa shape index (κ1) is 16.2. The van der Waals surface area contributed by atoms with E-state index in [1.54, 1.807) is 0 Å². The van der Waals surface area contributed by atoms with E-state index in [2.05, 4.69) is 53.4 Å². The summed E-state index contributed by atoms with van der Waals surface area (Å²) in [6, 6.07) is 10.4. The number of aliphatic imine (C=N–C) groups is 1. The Labute approximate surface area is 121 Å². The standard InChI is InChI=1S/C13H21N3.HI/c1-4-10-15-13(14-2)16(3)11-12-8-6-5-7-9-12;/h5-9H,4,10-11H2,1-3H3,(H,14,15);1H. The number of guanidine groups is 1. The third kappa shape index (κ3) is 5.91. The van der Waals surface area contributed by atoms with Gasteiger partial charge in [-0.2, -0.15) is 0 Å². The minimum Gasteiger partial charge on any atom is -0.356 e. The van der Waals surface area contributed by atoms with E-state index in [9.17, 15) is 0 Å². The van der Waals surface area contributed by atoms with E-state index in [0.29, 0.717) is 0 Å². The fourth-order valence-corrected chi connectivity index (χ4v) is 1.55. The van der Waals surface area contributed by atoms with E-state index in [4.69, 9.17) is 0 Å². The largest absolute Gasteiger partial charge is 0.356 e. The summed E-state index contributed by atoms with van der Waals surface area (Å²) in [6.07, 6.45) is 1.11. The van der Waals surface area contributed by atoms with Crippen LogP contribution in [0.2, 0.25) is 0 Å². The fourth-order valence-electron chi connectivity index (χ4n) is 1.55. The summed E-state index contributed by atoms with van der Waals surface area (Å²) in [4.78, 5) is 6.38. The molecule has 0 fully saturated rings. The maximum absolute atomic E-state index is 4.25. The van der Waals surface area contributed by atoms with Gasteiger partial charge in [0.15, 0.2) is 5.96 Å². The van der Waals surface area contributed by atoms with Crippen LogP contribution in [0.15, 0.2) is 35.3 Å². The molecule has 0 aliphatic heterocycles. The highest BCUT2D eigenvalue weighted by Gasteiger charge is 2.04. The lowest BCUT2D eigenvalue weighted by Gasteiger charge is -2.21. The summed E-state index contributed by atoms with van der Waals surface area (Å²) in [6.45, 7) is 3.99. The zero-order valence-electron chi connectivity index (χ0n) is 10.8. The van der Waals surface area contributed by atoms with Crippen LogP contribution in [0.25, 0.3) is 0 Å². The minimum absolute atomic E-state index is 0. The lowest BCUT2D eigenvalue weighted by atomic mass is 10.2. The fraction of sp³-hybridized carbons (Fsp3) is 0.462. The van der Waals surface area contributed by atoms with Gasteiger partial charge in [0.05, 0.1) is 0 Å². The number of hydrogen-bond acceptors (Lipinski definition) is 1. The molecule has 0 unspecified atom stereocenters. The van der Waals surface area contributed by atoms with Crippen molar-refractivity contribution in [2.75, 3.05) is 20.6 Å². The zero-order valence-corrected chi connectivity index (χ0v) is 13.1. The second-order valence-electron chi connectivity index (χ2n) is 3.82. The van der Waals surface area contributed by atoms with Crippen molar-refractivity contribution in [1.82, 2.24) is 10.2 Å². The lowest BCUT2D eigenvalue weighted by Crippen LogP contribution is -2.38. The summed E-state index contributed by atoms with van der Waals surface area (Å²) in [5.74, 6) is 0.950. The number of nitrogens with one attached hydrogen (secondary N) is 1. The van der Waals surface area contributed by atoms with Gasteiger partial charge in [0.1, 0.15) is 0 Å². The van der Waals surface area contributed by atoms with Gasteiger partial charge in [-0.3, -0.25) is 4.99 Å². The van der Waals surface area contributed by atoms with Crippen LogP contribution in [0, 0.1) is 0 Å². The molecule has 0 aromatic heterocycles. The number of rotatable bonds is 4. The second-order valence-corrected chi connectivity index (χ2v) is 3.82. The molecule has 0 atom stereocenters. The molecule has 1 aromatic carbocycles. The van der Waals surface area contributed by atoms with E-state index in [-0.39, 0.29) is 24.0 Å². The van der Waals surface area contributed by atoms with Crippen molar-refractivity contribution < 1.29 is 0 Å². The number of halogens is 1. The Morgan fingerprint density at radius 2 is 1.94 bits per heavy atom. The predicted octanol–water partition coefficient (Wildman–Crippen LogP) is 2.72. The summed E-state index contributed by atoms with van der Waals surface area (Å²) in [7, 11) is 3.87. The van der Waals surface area contributed by atoms with Crippen molar-refractivity contribution in [3.05, 3.63) is 35.9 Å². The van der Waals surface area contributed by atoms with Crippen LogP contribution in [-0.4, -0.2) is 31.5 Å².